The zero-order chi connectivity index (χ0) is 10.3. The summed E-state index contributed by atoms with van der Waals surface area (Å²) < 4.78 is 0. The van der Waals surface area contributed by atoms with Gasteiger partial charge >= 0.3 is 0 Å². The van der Waals surface area contributed by atoms with E-state index in [4.69, 9.17) is 0 Å². The molecule has 0 bridgehead atoms. The summed E-state index contributed by atoms with van der Waals surface area (Å²) in [5, 5.41) is 3.58. The van der Waals surface area contributed by atoms with Crippen LogP contribution in [-0.4, -0.2) is 13.1 Å². The second-order valence-electron chi connectivity index (χ2n) is 5.31. The first-order valence-electron chi connectivity index (χ1n) is 6.07. The summed E-state index contributed by atoms with van der Waals surface area (Å²) in [5.74, 6) is 0.770. The van der Waals surface area contributed by atoms with Crippen LogP contribution in [0, 0.1) is 12.3 Å². The molecule has 1 spiro atoms. The van der Waals surface area contributed by atoms with Gasteiger partial charge in [0.05, 0.1) is 0 Å². The van der Waals surface area contributed by atoms with E-state index in [0.717, 1.165) is 5.92 Å². The lowest BCUT2D eigenvalue weighted by atomic mass is 9.61. The normalized spacial score (nSPS) is 27.9. The van der Waals surface area contributed by atoms with E-state index in [9.17, 15) is 0 Å². The van der Waals surface area contributed by atoms with Crippen molar-refractivity contribution in [3.63, 3.8) is 0 Å². The third-order valence-electron chi connectivity index (χ3n) is 4.36. The highest BCUT2D eigenvalue weighted by Gasteiger charge is 2.47. The second kappa shape index (κ2) is 3.34. The molecule has 80 valence electrons. The van der Waals surface area contributed by atoms with E-state index in [-0.39, 0.29) is 0 Å². The molecule has 1 aromatic rings. The minimum atomic E-state index is 0.619. The molecule has 1 saturated carbocycles. The zero-order valence-corrected chi connectivity index (χ0v) is 9.42. The van der Waals surface area contributed by atoms with Crippen molar-refractivity contribution in [2.75, 3.05) is 13.1 Å². The number of hydrogen-bond donors (Lipinski definition) is 1. The van der Waals surface area contributed by atoms with Gasteiger partial charge in [0.25, 0.3) is 0 Å². The van der Waals surface area contributed by atoms with E-state index >= 15 is 0 Å². The summed E-state index contributed by atoms with van der Waals surface area (Å²) in [5.41, 5.74) is 3.57. The first-order valence-corrected chi connectivity index (χ1v) is 6.07. The van der Waals surface area contributed by atoms with Crippen molar-refractivity contribution in [2.45, 2.75) is 32.1 Å². The molecular weight excluding hydrogens is 182 g/mol. The average Bonchev–Trinajstić information content (AvgIpc) is 2.61. The van der Waals surface area contributed by atoms with E-state index in [1.54, 1.807) is 5.56 Å². The number of rotatable bonds is 1. The molecule has 3 rings (SSSR count). The van der Waals surface area contributed by atoms with Gasteiger partial charge in [0, 0.05) is 19.0 Å². The lowest BCUT2D eigenvalue weighted by Gasteiger charge is -2.43. The Morgan fingerprint density at radius 2 is 2.20 bits per heavy atom. The minimum Gasteiger partial charge on any atom is -0.316 e. The van der Waals surface area contributed by atoms with E-state index in [2.05, 4.69) is 36.5 Å². The monoisotopic (exact) mass is 201 g/mol. The van der Waals surface area contributed by atoms with Crippen LogP contribution >= 0.6 is 0 Å². The molecule has 2 aliphatic rings. The molecule has 0 aromatic heterocycles. The van der Waals surface area contributed by atoms with E-state index in [1.807, 2.05) is 0 Å². The molecule has 15 heavy (non-hydrogen) atoms. The van der Waals surface area contributed by atoms with E-state index in [1.165, 1.54) is 37.9 Å². The van der Waals surface area contributed by atoms with Gasteiger partial charge in [0.15, 0.2) is 0 Å². The molecule has 1 saturated heterocycles. The van der Waals surface area contributed by atoms with Crippen LogP contribution in [0.2, 0.25) is 0 Å². The van der Waals surface area contributed by atoms with Crippen molar-refractivity contribution in [1.29, 1.82) is 0 Å². The molecule has 1 N–H and O–H groups in total. The maximum absolute atomic E-state index is 3.58. The van der Waals surface area contributed by atoms with Crippen LogP contribution < -0.4 is 5.32 Å². The molecular formula is C14H19N. The van der Waals surface area contributed by atoms with Gasteiger partial charge in [-0.25, -0.2) is 0 Å². The molecule has 1 aliphatic heterocycles. The smallest absolute Gasteiger partial charge is 0.00321 e. The molecule has 1 aliphatic carbocycles. The fourth-order valence-corrected chi connectivity index (χ4v) is 3.32. The van der Waals surface area contributed by atoms with Crippen LogP contribution in [0.3, 0.4) is 0 Å². The van der Waals surface area contributed by atoms with Crippen LogP contribution in [0.15, 0.2) is 24.3 Å². The Balaban J connectivity index is 1.93. The maximum atomic E-state index is 3.58. The van der Waals surface area contributed by atoms with Crippen molar-refractivity contribution >= 4 is 0 Å². The van der Waals surface area contributed by atoms with Crippen LogP contribution in [0.5, 0.6) is 0 Å². The Kier molecular flexibility index (Phi) is 2.10. The Labute approximate surface area is 91.9 Å². The standard InChI is InChI=1S/C14H19N/c1-11-4-2-5-12(8-11)13-9-15-10-14(13)6-3-7-14/h2,4-5,8,13,15H,3,6-7,9-10H2,1H3/t13-/m1/s1. The van der Waals surface area contributed by atoms with Gasteiger partial charge in [-0.1, -0.05) is 36.2 Å². The minimum absolute atomic E-state index is 0.619. The molecule has 1 aromatic carbocycles. The van der Waals surface area contributed by atoms with Gasteiger partial charge in [-0.3, -0.25) is 0 Å². The van der Waals surface area contributed by atoms with Crippen LogP contribution in [-0.2, 0) is 0 Å². The highest BCUT2D eigenvalue weighted by Crippen LogP contribution is 2.53. The third-order valence-corrected chi connectivity index (χ3v) is 4.36. The van der Waals surface area contributed by atoms with Crippen molar-refractivity contribution in [2.24, 2.45) is 5.41 Å². The Bertz CT molecular complexity index is 365. The summed E-state index contributed by atoms with van der Waals surface area (Å²) in [6.45, 7) is 4.62. The quantitative estimate of drug-likeness (QED) is 0.736. The van der Waals surface area contributed by atoms with Crippen LogP contribution in [0.1, 0.15) is 36.3 Å². The molecule has 1 atom stereocenters. The number of nitrogens with one attached hydrogen (secondary N) is 1. The number of benzene rings is 1. The number of hydrogen-bond acceptors (Lipinski definition) is 1. The van der Waals surface area contributed by atoms with Gasteiger partial charge in [0.1, 0.15) is 0 Å². The van der Waals surface area contributed by atoms with Gasteiger partial charge in [-0.15, -0.1) is 0 Å². The summed E-state index contributed by atoms with van der Waals surface area (Å²) in [6.07, 6.45) is 4.29. The summed E-state index contributed by atoms with van der Waals surface area (Å²) in [4.78, 5) is 0. The van der Waals surface area contributed by atoms with Crippen molar-refractivity contribution < 1.29 is 0 Å². The second-order valence-corrected chi connectivity index (χ2v) is 5.31. The summed E-state index contributed by atoms with van der Waals surface area (Å²) in [6, 6.07) is 9.08. The van der Waals surface area contributed by atoms with E-state index < -0.39 is 0 Å². The lowest BCUT2D eigenvalue weighted by Crippen LogP contribution is -2.36. The van der Waals surface area contributed by atoms with Crippen LogP contribution in [0.4, 0.5) is 0 Å². The van der Waals surface area contributed by atoms with Crippen molar-refractivity contribution in [3.05, 3.63) is 35.4 Å². The summed E-state index contributed by atoms with van der Waals surface area (Å²) in [7, 11) is 0. The highest BCUT2D eigenvalue weighted by atomic mass is 14.9. The Morgan fingerprint density at radius 1 is 1.33 bits per heavy atom. The van der Waals surface area contributed by atoms with Crippen LogP contribution in [0.25, 0.3) is 0 Å². The van der Waals surface area contributed by atoms with Crippen molar-refractivity contribution in [3.8, 4) is 0 Å². The molecule has 2 fully saturated rings. The first-order chi connectivity index (χ1) is 7.30. The predicted octanol–water partition coefficient (Wildman–Crippen LogP) is 2.85. The average molecular weight is 201 g/mol. The van der Waals surface area contributed by atoms with Crippen molar-refractivity contribution in [1.82, 2.24) is 5.32 Å². The van der Waals surface area contributed by atoms with E-state index in [0.29, 0.717) is 5.41 Å². The van der Waals surface area contributed by atoms with Gasteiger partial charge in [0.2, 0.25) is 0 Å². The SMILES string of the molecule is Cc1cccc([C@H]2CNCC23CCC3)c1. The third kappa shape index (κ3) is 1.41. The summed E-state index contributed by atoms with van der Waals surface area (Å²) >= 11 is 0. The lowest BCUT2D eigenvalue weighted by molar-refractivity contribution is 0.137. The first kappa shape index (κ1) is 9.41. The molecule has 0 amide bonds. The fourth-order valence-electron chi connectivity index (χ4n) is 3.32. The topological polar surface area (TPSA) is 12.0 Å². The molecule has 1 nitrogen and oxygen atoms in total. The largest absolute Gasteiger partial charge is 0.316 e. The number of aryl methyl sites for hydroxylation is 1. The van der Waals surface area contributed by atoms with Gasteiger partial charge in [-0.2, -0.15) is 0 Å². The van der Waals surface area contributed by atoms with Gasteiger partial charge in [-0.05, 0) is 30.7 Å². The molecule has 1 heteroatoms. The fraction of sp³-hybridized carbons (Fsp3) is 0.571. The molecule has 0 radical (unpaired) electrons. The maximum Gasteiger partial charge on any atom is 0.00321 e. The Hall–Kier alpha value is -0.820. The Morgan fingerprint density at radius 3 is 2.87 bits per heavy atom. The predicted molar refractivity (Wildman–Crippen MR) is 63.1 cm³/mol. The zero-order valence-electron chi connectivity index (χ0n) is 9.42. The highest BCUT2D eigenvalue weighted by molar-refractivity contribution is 5.30. The molecule has 1 heterocycles. The van der Waals surface area contributed by atoms with Gasteiger partial charge < -0.3 is 5.32 Å². The molecule has 0 unspecified atom stereocenters.